The smallest absolute Gasteiger partial charge is 0.252 e. The van der Waals surface area contributed by atoms with E-state index in [1.54, 1.807) is 20.8 Å². The molecule has 4 N–H and O–H groups in total. The highest BCUT2D eigenvalue weighted by Gasteiger charge is 2.21. The van der Waals surface area contributed by atoms with E-state index in [1.807, 2.05) is 0 Å². The number of amides is 2. The lowest BCUT2D eigenvalue weighted by molar-refractivity contribution is -0.123. The normalized spacial score (nSPS) is 10.9. The van der Waals surface area contributed by atoms with Gasteiger partial charge in [-0.15, -0.1) is 0 Å². The maximum absolute atomic E-state index is 12.2. The highest BCUT2D eigenvalue weighted by Crippen LogP contribution is 2.15. The van der Waals surface area contributed by atoms with E-state index >= 15 is 0 Å². The van der Waals surface area contributed by atoms with Gasteiger partial charge in [0.15, 0.2) is 5.43 Å². The summed E-state index contributed by atoms with van der Waals surface area (Å²) < 4.78 is 0. The van der Waals surface area contributed by atoms with Gasteiger partial charge in [0.05, 0.1) is 0 Å². The fourth-order valence-corrected chi connectivity index (χ4v) is 2.06. The highest BCUT2D eigenvalue weighted by molar-refractivity contribution is 6.03. The van der Waals surface area contributed by atoms with Crippen LogP contribution in [0.4, 0.5) is 11.6 Å². The summed E-state index contributed by atoms with van der Waals surface area (Å²) in [6.45, 7) is 8.97. The molecule has 2 aromatic rings. The zero-order valence-corrected chi connectivity index (χ0v) is 15.4. The van der Waals surface area contributed by atoms with E-state index in [2.05, 4.69) is 27.2 Å². The van der Waals surface area contributed by atoms with Crippen LogP contribution in [0.5, 0.6) is 0 Å². The van der Waals surface area contributed by atoms with Gasteiger partial charge in [0.1, 0.15) is 11.6 Å². The molecule has 0 unspecified atom stereocenters. The van der Waals surface area contributed by atoms with Crippen molar-refractivity contribution in [1.82, 2.24) is 9.97 Å². The minimum atomic E-state index is -0.597. The van der Waals surface area contributed by atoms with Gasteiger partial charge in [0.2, 0.25) is 11.5 Å². The van der Waals surface area contributed by atoms with E-state index < -0.39 is 11.3 Å². The Bertz CT molecular complexity index is 995. The highest BCUT2D eigenvalue weighted by atomic mass is 16.2. The number of carbonyl (C=O) groups excluding carboxylic acids is 2. The Kier molecular flexibility index (Phi) is 5.79. The van der Waals surface area contributed by atoms with Gasteiger partial charge in [-0.25, -0.2) is 0 Å². The Labute approximate surface area is 155 Å². The van der Waals surface area contributed by atoms with Crippen LogP contribution in [0.1, 0.15) is 26.3 Å². The fourth-order valence-electron chi connectivity index (χ4n) is 2.06. The van der Waals surface area contributed by atoms with E-state index in [0.717, 1.165) is 0 Å². The monoisotopic (exact) mass is 370 g/mol. The van der Waals surface area contributed by atoms with Crippen molar-refractivity contribution in [3.05, 3.63) is 68.8 Å². The number of H-pyrrole nitrogens is 2. The van der Waals surface area contributed by atoms with Gasteiger partial charge < -0.3 is 20.6 Å². The molecule has 0 saturated carbocycles. The maximum atomic E-state index is 12.2. The molecular weight excluding hydrogens is 348 g/mol. The average Bonchev–Trinajstić information content (AvgIpc) is 2.56. The van der Waals surface area contributed by atoms with Crippen molar-refractivity contribution in [1.29, 1.82) is 0 Å². The SMILES string of the molecule is C=C(Cc1c[nH]c(NC(=O)C(C)(C)C)cc1=O)C(=O)Nc1cccc(=O)[nH]1. The number of hydrogen-bond donors (Lipinski definition) is 4. The van der Waals surface area contributed by atoms with Gasteiger partial charge in [-0.1, -0.05) is 33.4 Å². The number of aromatic nitrogens is 2. The molecule has 0 aliphatic rings. The Morgan fingerprint density at radius 3 is 2.41 bits per heavy atom. The van der Waals surface area contributed by atoms with Gasteiger partial charge in [-0.3, -0.25) is 19.2 Å². The van der Waals surface area contributed by atoms with Crippen LogP contribution in [0.2, 0.25) is 0 Å². The van der Waals surface area contributed by atoms with E-state index in [9.17, 15) is 19.2 Å². The van der Waals surface area contributed by atoms with Gasteiger partial charge in [-0.2, -0.15) is 0 Å². The van der Waals surface area contributed by atoms with Crippen molar-refractivity contribution in [2.75, 3.05) is 10.6 Å². The maximum Gasteiger partial charge on any atom is 0.252 e. The number of pyridine rings is 2. The van der Waals surface area contributed by atoms with Crippen LogP contribution in [-0.4, -0.2) is 21.8 Å². The predicted molar refractivity (Wildman–Crippen MR) is 104 cm³/mol. The Hall–Kier alpha value is -3.42. The van der Waals surface area contributed by atoms with Crippen molar-refractivity contribution in [2.24, 2.45) is 5.41 Å². The van der Waals surface area contributed by atoms with Gasteiger partial charge >= 0.3 is 0 Å². The summed E-state index contributed by atoms with van der Waals surface area (Å²) in [5.41, 5.74) is -0.801. The number of carbonyl (C=O) groups is 2. The molecule has 27 heavy (non-hydrogen) atoms. The topological polar surface area (TPSA) is 124 Å². The average molecular weight is 370 g/mol. The molecule has 0 bridgehead atoms. The zero-order chi connectivity index (χ0) is 20.2. The van der Waals surface area contributed by atoms with Gasteiger partial charge in [-0.05, 0) is 6.07 Å². The zero-order valence-electron chi connectivity index (χ0n) is 15.4. The molecule has 2 rings (SSSR count). The van der Waals surface area contributed by atoms with Crippen molar-refractivity contribution in [2.45, 2.75) is 27.2 Å². The second-order valence-electron chi connectivity index (χ2n) is 7.10. The lowest BCUT2D eigenvalue weighted by atomic mass is 9.96. The molecule has 8 heteroatoms. The first-order valence-electron chi connectivity index (χ1n) is 8.28. The van der Waals surface area contributed by atoms with Crippen LogP contribution in [0.15, 0.2) is 52.2 Å². The summed E-state index contributed by atoms with van der Waals surface area (Å²) in [4.78, 5) is 52.9. The lowest BCUT2D eigenvalue weighted by Crippen LogP contribution is -2.28. The molecule has 142 valence electrons. The summed E-state index contributed by atoms with van der Waals surface area (Å²) in [6.07, 6.45) is 1.45. The van der Waals surface area contributed by atoms with Crippen LogP contribution < -0.4 is 21.6 Å². The van der Waals surface area contributed by atoms with Gasteiger partial charge in [0, 0.05) is 41.3 Å². The summed E-state index contributed by atoms with van der Waals surface area (Å²) >= 11 is 0. The first-order valence-corrected chi connectivity index (χ1v) is 8.28. The number of hydrogen-bond acceptors (Lipinski definition) is 4. The molecule has 0 fully saturated rings. The van der Waals surface area contributed by atoms with Crippen LogP contribution in [-0.2, 0) is 16.0 Å². The number of rotatable bonds is 5. The quantitative estimate of drug-likeness (QED) is 0.599. The first-order chi connectivity index (χ1) is 12.6. The van der Waals surface area contributed by atoms with Crippen molar-refractivity contribution in [3.8, 4) is 0 Å². The number of aromatic amines is 2. The summed E-state index contributed by atoms with van der Waals surface area (Å²) in [7, 11) is 0. The third-order valence-electron chi connectivity index (χ3n) is 3.66. The van der Waals surface area contributed by atoms with Crippen LogP contribution in [0, 0.1) is 5.41 Å². The van der Waals surface area contributed by atoms with Crippen LogP contribution >= 0.6 is 0 Å². The summed E-state index contributed by atoms with van der Waals surface area (Å²) in [6, 6.07) is 5.63. The predicted octanol–water partition coefficient (Wildman–Crippen LogP) is 1.79. The molecule has 2 heterocycles. The number of nitrogens with one attached hydrogen (secondary N) is 4. The molecule has 0 atom stereocenters. The van der Waals surface area contributed by atoms with Crippen molar-refractivity contribution in [3.63, 3.8) is 0 Å². The second kappa shape index (κ2) is 7.86. The molecule has 8 nitrogen and oxygen atoms in total. The molecule has 0 aliphatic heterocycles. The first kappa shape index (κ1) is 19.9. The molecule has 2 amide bonds. The van der Waals surface area contributed by atoms with E-state index in [-0.39, 0.29) is 40.5 Å². The Morgan fingerprint density at radius 2 is 1.81 bits per heavy atom. The Morgan fingerprint density at radius 1 is 1.11 bits per heavy atom. The van der Waals surface area contributed by atoms with Crippen molar-refractivity contribution < 1.29 is 9.59 Å². The molecule has 2 aromatic heterocycles. The standard InChI is InChI=1S/C19H22N4O4/c1-11(17(26)22-14-6-5-7-16(25)21-14)8-12-10-20-15(9-13(12)24)23-18(27)19(2,3)4/h5-7,9-10H,1,8H2,2-4H3,(H2,20,23,24,27)(H2,21,22,25,26). The lowest BCUT2D eigenvalue weighted by Gasteiger charge is -2.17. The van der Waals surface area contributed by atoms with Crippen molar-refractivity contribution >= 4 is 23.5 Å². The van der Waals surface area contributed by atoms with Crippen LogP contribution in [0.25, 0.3) is 0 Å². The molecule has 0 aliphatic carbocycles. The summed E-state index contributed by atoms with van der Waals surface area (Å²) in [5.74, 6) is -0.226. The molecule has 0 radical (unpaired) electrons. The number of anilines is 2. The molecule has 0 aromatic carbocycles. The van der Waals surface area contributed by atoms with E-state index in [0.29, 0.717) is 5.56 Å². The minimum Gasteiger partial charge on any atom is -0.348 e. The summed E-state index contributed by atoms with van der Waals surface area (Å²) in [5, 5.41) is 5.15. The molecule has 0 spiro atoms. The largest absolute Gasteiger partial charge is 0.348 e. The fraction of sp³-hybridized carbons (Fsp3) is 0.263. The third kappa shape index (κ3) is 5.53. The molecule has 0 saturated heterocycles. The Balaban J connectivity index is 2.05. The van der Waals surface area contributed by atoms with E-state index in [4.69, 9.17) is 0 Å². The van der Waals surface area contributed by atoms with Gasteiger partial charge in [0.25, 0.3) is 5.91 Å². The second-order valence-corrected chi connectivity index (χ2v) is 7.10. The minimum absolute atomic E-state index is 0.0196. The third-order valence-corrected chi connectivity index (χ3v) is 3.66. The van der Waals surface area contributed by atoms with E-state index in [1.165, 1.54) is 30.5 Å². The van der Waals surface area contributed by atoms with Crippen LogP contribution in [0.3, 0.4) is 0 Å². The molecular formula is C19H22N4O4.